The van der Waals surface area contributed by atoms with Gasteiger partial charge in [-0.1, -0.05) is 37.6 Å². The van der Waals surface area contributed by atoms with Crippen molar-refractivity contribution < 1.29 is 9.53 Å². The van der Waals surface area contributed by atoms with Crippen LogP contribution >= 0.6 is 0 Å². The summed E-state index contributed by atoms with van der Waals surface area (Å²) < 4.78 is 5.71. The van der Waals surface area contributed by atoms with Crippen LogP contribution in [0.3, 0.4) is 0 Å². The maximum Gasteiger partial charge on any atom is 0.224 e. The molecule has 1 aliphatic heterocycles. The third-order valence-corrected chi connectivity index (χ3v) is 5.24. The predicted octanol–water partition coefficient (Wildman–Crippen LogP) is 5.03. The molecule has 0 aliphatic carbocycles. The van der Waals surface area contributed by atoms with E-state index in [0.29, 0.717) is 19.4 Å². The van der Waals surface area contributed by atoms with E-state index in [4.69, 9.17) is 4.74 Å². The van der Waals surface area contributed by atoms with Crippen molar-refractivity contribution in [2.75, 3.05) is 25.0 Å². The van der Waals surface area contributed by atoms with Gasteiger partial charge in [0.2, 0.25) is 5.91 Å². The number of nitrogens with zero attached hydrogens (tertiary/aromatic N) is 1. The molecule has 2 aromatic rings. The van der Waals surface area contributed by atoms with Gasteiger partial charge >= 0.3 is 0 Å². The predicted molar refractivity (Wildman–Crippen MR) is 115 cm³/mol. The van der Waals surface area contributed by atoms with Gasteiger partial charge < -0.3 is 10.1 Å². The lowest BCUT2D eigenvalue weighted by Crippen LogP contribution is -2.29. The molecule has 0 unspecified atom stereocenters. The Bertz CT molecular complexity index is 719. The molecule has 3 rings (SSSR count). The summed E-state index contributed by atoms with van der Waals surface area (Å²) in [6.45, 7) is 6.09. The van der Waals surface area contributed by atoms with Gasteiger partial charge in [-0.15, -0.1) is 0 Å². The fourth-order valence-electron chi connectivity index (χ4n) is 3.54. The average molecular weight is 381 g/mol. The molecule has 2 aromatic carbocycles. The van der Waals surface area contributed by atoms with Crippen molar-refractivity contribution in [3.05, 3.63) is 59.7 Å². The van der Waals surface area contributed by atoms with Crippen LogP contribution in [0.2, 0.25) is 0 Å². The minimum atomic E-state index is 0.0358. The molecule has 1 heterocycles. The van der Waals surface area contributed by atoms with Crippen molar-refractivity contribution in [2.45, 2.75) is 52.0 Å². The number of carbonyl (C=O) groups is 1. The van der Waals surface area contributed by atoms with Gasteiger partial charge in [-0.25, -0.2) is 0 Å². The van der Waals surface area contributed by atoms with Crippen molar-refractivity contribution >= 4 is 11.6 Å². The van der Waals surface area contributed by atoms with Gasteiger partial charge in [-0.3, -0.25) is 9.69 Å². The summed E-state index contributed by atoms with van der Waals surface area (Å²) in [7, 11) is 0. The summed E-state index contributed by atoms with van der Waals surface area (Å²) in [5.41, 5.74) is 3.47. The van der Waals surface area contributed by atoms with E-state index in [2.05, 4.69) is 41.4 Å². The van der Waals surface area contributed by atoms with Crippen LogP contribution in [0.4, 0.5) is 5.69 Å². The standard InChI is InChI=1S/C24H32N2O2/c1-2-20-10-14-23(15-11-20)28-18-6-7-24(27)25-22-12-8-21(9-13-22)19-26-16-4-3-5-17-26/h8-15H,2-7,16-19H2,1H3,(H,25,27). The number of likely N-dealkylation sites (tertiary alicyclic amines) is 1. The van der Waals surface area contributed by atoms with Gasteiger partial charge in [-0.05, 0) is 74.2 Å². The number of amides is 1. The van der Waals surface area contributed by atoms with Crippen LogP contribution in [0.25, 0.3) is 0 Å². The van der Waals surface area contributed by atoms with Gasteiger partial charge in [0, 0.05) is 18.7 Å². The summed E-state index contributed by atoms with van der Waals surface area (Å²) in [4.78, 5) is 14.6. The van der Waals surface area contributed by atoms with Gasteiger partial charge in [0.15, 0.2) is 0 Å². The van der Waals surface area contributed by atoms with Crippen molar-refractivity contribution in [2.24, 2.45) is 0 Å². The minimum Gasteiger partial charge on any atom is -0.494 e. The zero-order valence-corrected chi connectivity index (χ0v) is 17.0. The Morgan fingerprint density at radius 2 is 1.64 bits per heavy atom. The summed E-state index contributed by atoms with van der Waals surface area (Å²) in [5, 5.41) is 2.98. The van der Waals surface area contributed by atoms with Crippen molar-refractivity contribution in [3.8, 4) is 5.75 Å². The van der Waals surface area contributed by atoms with E-state index >= 15 is 0 Å². The number of hydrogen-bond acceptors (Lipinski definition) is 3. The van der Waals surface area contributed by atoms with E-state index in [0.717, 1.165) is 24.4 Å². The molecule has 0 spiro atoms. The second-order valence-corrected chi connectivity index (χ2v) is 7.53. The Balaban J connectivity index is 1.34. The Kier molecular flexibility index (Phi) is 7.92. The second-order valence-electron chi connectivity index (χ2n) is 7.53. The molecule has 1 N–H and O–H groups in total. The molecule has 1 fully saturated rings. The van der Waals surface area contributed by atoms with Crippen LogP contribution in [0, 0.1) is 0 Å². The number of anilines is 1. The highest BCUT2D eigenvalue weighted by molar-refractivity contribution is 5.90. The molecule has 0 atom stereocenters. The zero-order valence-electron chi connectivity index (χ0n) is 17.0. The van der Waals surface area contributed by atoms with E-state index in [1.165, 1.54) is 43.5 Å². The van der Waals surface area contributed by atoms with Crippen molar-refractivity contribution in [1.82, 2.24) is 4.90 Å². The highest BCUT2D eigenvalue weighted by atomic mass is 16.5. The lowest BCUT2D eigenvalue weighted by atomic mass is 10.1. The summed E-state index contributed by atoms with van der Waals surface area (Å²) in [6.07, 6.45) is 6.16. The molecule has 28 heavy (non-hydrogen) atoms. The molecule has 4 nitrogen and oxygen atoms in total. The molecule has 1 saturated heterocycles. The highest BCUT2D eigenvalue weighted by Crippen LogP contribution is 2.16. The van der Waals surface area contributed by atoms with E-state index < -0.39 is 0 Å². The maximum atomic E-state index is 12.1. The number of hydrogen-bond donors (Lipinski definition) is 1. The number of ether oxygens (including phenoxy) is 1. The van der Waals surface area contributed by atoms with E-state index in [-0.39, 0.29) is 5.91 Å². The molecule has 0 saturated carbocycles. The molecule has 150 valence electrons. The summed E-state index contributed by atoms with van der Waals surface area (Å²) >= 11 is 0. The number of benzene rings is 2. The Morgan fingerprint density at radius 1 is 0.964 bits per heavy atom. The molecular weight excluding hydrogens is 348 g/mol. The van der Waals surface area contributed by atoms with Gasteiger partial charge in [0.1, 0.15) is 5.75 Å². The third kappa shape index (κ3) is 6.68. The zero-order chi connectivity index (χ0) is 19.6. The van der Waals surface area contributed by atoms with Crippen molar-refractivity contribution in [1.29, 1.82) is 0 Å². The molecule has 0 radical (unpaired) electrons. The van der Waals surface area contributed by atoms with Crippen LogP contribution in [0.15, 0.2) is 48.5 Å². The number of rotatable bonds is 9. The highest BCUT2D eigenvalue weighted by Gasteiger charge is 2.10. The van der Waals surface area contributed by atoms with Crippen LogP contribution in [-0.2, 0) is 17.8 Å². The third-order valence-electron chi connectivity index (χ3n) is 5.24. The van der Waals surface area contributed by atoms with E-state index in [1.54, 1.807) is 0 Å². The van der Waals surface area contributed by atoms with E-state index in [9.17, 15) is 4.79 Å². The smallest absolute Gasteiger partial charge is 0.224 e. The largest absolute Gasteiger partial charge is 0.494 e. The van der Waals surface area contributed by atoms with Gasteiger partial charge in [0.25, 0.3) is 0 Å². The normalized spacial score (nSPS) is 14.6. The van der Waals surface area contributed by atoms with Crippen LogP contribution in [0.1, 0.15) is 50.2 Å². The van der Waals surface area contributed by atoms with E-state index in [1.807, 2.05) is 24.3 Å². The summed E-state index contributed by atoms with van der Waals surface area (Å²) in [6, 6.07) is 16.4. The monoisotopic (exact) mass is 380 g/mol. The summed E-state index contributed by atoms with van der Waals surface area (Å²) in [5.74, 6) is 0.899. The quantitative estimate of drug-likeness (QED) is 0.620. The Hall–Kier alpha value is -2.33. The van der Waals surface area contributed by atoms with Crippen LogP contribution in [-0.4, -0.2) is 30.5 Å². The number of carbonyl (C=O) groups excluding carboxylic acids is 1. The SMILES string of the molecule is CCc1ccc(OCCCC(=O)Nc2ccc(CN3CCCCC3)cc2)cc1. The maximum absolute atomic E-state index is 12.1. The molecule has 0 aromatic heterocycles. The minimum absolute atomic E-state index is 0.0358. The van der Waals surface area contributed by atoms with Crippen LogP contribution in [0.5, 0.6) is 5.75 Å². The van der Waals surface area contributed by atoms with Crippen LogP contribution < -0.4 is 10.1 Å². The number of nitrogens with one attached hydrogen (secondary N) is 1. The first kappa shape index (κ1) is 20.4. The molecule has 4 heteroatoms. The lowest BCUT2D eigenvalue weighted by Gasteiger charge is -2.26. The first-order chi connectivity index (χ1) is 13.7. The number of piperidine rings is 1. The molecule has 1 aliphatic rings. The lowest BCUT2D eigenvalue weighted by molar-refractivity contribution is -0.116. The fourth-order valence-corrected chi connectivity index (χ4v) is 3.54. The molecule has 0 bridgehead atoms. The molecular formula is C24H32N2O2. The second kappa shape index (κ2) is 10.9. The molecule has 1 amide bonds. The number of aryl methyl sites for hydroxylation is 1. The van der Waals surface area contributed by atoms with Gasteiger partial charge in [-0.2, -0.15) is 0 Å². The Morgan fingerprint density at radius 3 is 2.32 bits per heavy atom. The first-order valence-corrected chi connectivity index (χ1v) is 10.6. The average Bonchev–Trinajstić information content (AvgIpc) is 2.74. The fraction of sp³-hybridized carbons (Fsp3) is 0.458. The van der Waals surface area contributed by atoms with Crippen molar-refractivity contribution in [3.63, 3.8) is 0 Å². The van der Waals surface area contributed by atoms with Gasteiger partial charge in [0.05, 0.1) is 6.61 Å². The topological polar surface area (TPSA) is 41.6 Å². The first-order valence-electron chi connectivity index (χ1n) is 10.6. The Labute approximate surface area is 168 Å².